The molecule has 124 valence electrons. The maximum Gasteiger partial charge on any atom is 0.249 e. The van der Waals surface area contributed by atoms with Gasteiger partial charge in [-0.2, -0.15) is 0 Å². The van der Waals surface area contributed by atoms with Crippen LogP contribution in [0.25, 0.3) is 0 Å². The summed E-state index contributed by atoms with van der Waals surface area (Å²) in [4.78, 5) is 14.3. The second-order valence-electron chi connectivity index (χ2n) is 5.23. The fraction of sp³-hybridized carbons (Fsp3) is 0.562. The third-order valence-electron chi connectivity index (χ3n) is 3.70. The predicted molar refractivity (Wildman–Crippen MR) is 91.8 cm³/mol. The number of unbranched alkanes of at least 4 members (excludes halogenated alkanes) is 1. The number of amides is 1. The average Bonchev–Trinajstić information content (AvgIpc) is 2.52. The Morgan fingerprint density at radius 3 is 2.95 bits per heavy atom. The lowest BCUT2D eigenvalue weighted by Crippen LogP contribution is -2.49. The summed E-state index contributed by atoms with van der Waals surface area (Å²) < 4.78 is 5.46. The number of carbonyl (C=O) groups excluding carboxylic acids is 1. The average molecular weight is 347 g/mol. The summed E-state index contributed by atoms with van der Waals surface area (Å²) in [5.41, 5.74) is 0.994. The van der Waals surface area contributed by atoms with E-state index in [9.17, 15) is 4.79 Å². The van der Waals surface area contributed by atoms with Gasteiger partial charge in [0, 0.05) is 31.3 Å². The topological polar surface area (TPSA) is 41.6 Å². The molecule has 1 aromatic carbocycles. The van der Waals surface area contributed by atoms with Gasteiger partial charge in [0.15, 0.2) is 0 Å². The van der Waals surface area contributed by atoms with E-state index in [1.165, 1.54) is 0 Å². The fourth-order valence-electron chi connectivity index (χ4n) is 2.51. The van der Waals surface area contributed by atoms with Crippen LogP contribution in [0.2, 0.25) is 5.02 Å². The summed E-state index contributed by atoms with van der Waals surface area (Å²) in [5.74, 6) is 0.0394. The number of ether oxygens (including phenoxy) is 1. The summed E-state index contributed by atoms with van der Waals surface area (Å²) in [7, 11) is 0. The van der Waals surface area contributed by atoms with Gasteiger partial charge in [-0.15, -0.1) is 12.4 Å². The van der Waals surface area contributed by atoms with Gasteiger partial charge in [-0.25, -0.2) is 0 Å². The van der Waals surface area contributed by atoms with Gasteiger partial charge in [0.25, 0.3) is 0 Å². The van der Waals surface area contributed by atoms with Gasteiger partial charge in [0.05, 0.1) is 6.04 Å². The molecule has 1 saturated heterocycles. The van der Waals surface area contributed by atoms with E-state index in [0.717, 1.165) is 31.5 Å². The maximum atomic E-state index is 12.4. The lowest BCUT2D eigenvalue weighted by Gasteiger charge is -2.37. The molecular weight excluding hydrogens is 323 g/mol. The molecule has 1 aliphatic heterocycles. The van der Waals surface area contributed by atoms with Crippen molar-refractivity contribution in [2.75, 3.05) is 32.8 Å². The van der Waals surface area contributed by atoms with Crippen LogP contribution in [-0.4, -0.2) is 43.7 Å². The van der Waals surface area contributed by atoms with Crippen LogP contribution in [0.4, 0.5) is 0 Å². The Kier molecular flexibility index (Phi) is 8.79. The van der Waals surface area contributed by atoms with Crippen molar-refractivity contribution in [3.63, 3.8) is 0 Å². The summed E-state index contributed by atoms with van der Waals surface area (Å²) in [6, 6.07) is 7.69. The van der Waals surface area contributed by atoms with Crippen LogP contribution < -0.4 is 5.32 Å². The molecule has 1 aliphatic rings. The number of hydrogen-bond donors (Lipinski definition) is 1. The molecule has 0 aromatic heterocycles. The van der Waals surface area contributed by atoms with E-state index in [0.29, 0.717) is 18.2 Å². The lowest BCUT2D eigenvalue weighted by molar-refractivity contribution is -0.139. The van der Waals surface area contributed by atoms with Gasteiger partial charge in [-0.05, 0) is 18.1 Å². The van der Waals surface area contributed by atoms with Crippen molar-refractivity contribution in [2.24, 2.45) is 0 Å². The number of nitrogens with one attached hydrogen (secondary N) is 1. The summed E-state index contributed by atoms with van der Waals surface area (Å²) >= 11 is 6.28. The van der Waals surface area contributed by atoms with E-state index < -0.39 is 0 Å². The highest BCUT2D eigenvalue weighted by Crippen LogP contribution is 2.28. The number of carbonyl (C=O) groups is 1. The summed E-state index contributed by atoms with van der Waals surface area (Å²) in [6.45, 7) is 5.12. The highest BCUT2D eigenvalue weighted by Gasteiger charge is 2.28. The minimum atomic E-state index is -0.0188. The zero-order valence-corrected chi connectivity index (χ0v) is 14.5. The molecule has 1 atom stereocenters. The molecule has 22 heavy (non-hydrogen) atoms. The first-order chi connectivity index (χ1) is 10.2. The molecule has 0 bridgehead atoms. The Hall–Kier alpha value is -0.810. The first kappa shape index (κ1) is 19.2. The molecule has 1 aromatic rings. The quantitative estimate of drug-likeness (QED) is 0.805. The monoisotopic (exact) mass is 346 g/mol. The van der Waals surface area contributed by atoms with E-state index in [2.05, 4.69) is 12.2 Å². The van der Waals surface area contributed by atoms with Crippen LogP contribution in [0.1, 0.15) is 31.4 Å². The molecule has 0 spiro atoms. The minimum absolute atomic E-state index is 0. The van der Waals surface area contributed by atoms with E-state index >= 15 is 0 Å². The first-order valence-electron chi connectivity index (χ1n) is 7.56. The van der Waals surface area contributed by atoms with Gasteiger partial charge < -0.3 is 15.0 Å². The number of piperazine rings is 1. The standard InChI is InChI=1S/C16H23ClN2O2.ClH/c1-2-3-10-21-12-16(20)19-9-8-18-11-15(19)13-6-4-5-7-14(13)17;/h4-7,15,18H,2-3,8-12H2,1H3;1H. The second-order valence-corrected chi connectivity index (χ2v) is 5.64. The van der Waals surface area contributed by atoms with Crippen LogP contribution in [0.5, 0.6) is 0 Å². The Morgan fingerprint density at radius 2 is 2.23 bits per heavy atom. The molecule has 6 heteroatoms. The normalized spacial score (nSPS) is 17.9. The summed E-state index contributed by atoms with van der Waals surface area (Å²) in [6.07, 6.45) is 2.06. The molecule has 0 saturated carbocycles. The van der Waals surface area contributed by atoms with Crippen LogP contribution >= 0.6 is 24.0 Å². The van der Waals surface area contributed by atoms with E-state index in [4.69, 9.17) is 16.3 Å². The Labute approximate surface area is 143 Å². The highest BCUT2D eigenvalue weighted by molar-refractivity contribution is 6.31. The minimum Gasteiger partial charge on any atom is -0.372 e. The molecule has 2 rings (SSSR count). The van der Waals surface area contributed by atoms with E-state index in [1.54, 1.807) is 0 Å². The van der Waals surface area contributed by atoms with Crippen LogP contribution in [-0.2, 0) is 9.53 Å². The van der Waals surface area contributed by atoms with Crippen LogP contribution in [0.3, 0.4) is 0 Å². The third-order valence-corrected chi connectivity index (χ3v) is 4.04. The van der Waals surface area contributed by atoms with Crippen molar-refractivity contribution in [3.8, 4) is 0 Å². The fourth-order valence-corrected chi connectivity index (χ4v) is 2.78. The largest absolute Gasteiger partial charge is 0.372 e. The number of rotatable bonds is 6. The molecule has 0 aliphatic carbocycles. The first-order valence-corrected chi connectivity index (χ1v) is 7.94. The van der Waals surface area contributed by atoms with Crippen molar-refractivity contribution in [2.45, 2.75) is 25.8 Å². The highest BCUT2D eigenvalue weighted by atomic mass is 35.5. The van der Waals surface area contributed by atoms with E-state index in [1.807, 2.05) is 29.2 Å². The zero-order chi connectivity index (χ0) is 15.1. The molecule has 1 fully saturated rings. The smallest absolute Gasteiger partial charge is 0.249 e. The van der Waals surface area contributed by atoms with E-state index in [-0.39, 0.29) is 31.0 Å². The molecule has 1 heterocycles. The number of halogens is 2. The van der Waals surface area contributed by atoms with Crippen molar-refractivity contribution in [1.82, 2.24) is 10.2 Å². The molecule has 4 nitrogen and oxygen atoms in total. The Bertz CT molecular complexity index is 471. The number of hydrogen-bond acceptors (Lipinski definition) is 3. The molecule has 1 unspecified atom stereocenters. The Morgan fingerprint density at radius 1 is 1.45 bits per heavy atom. The Balaban J connectivity index is 0.00000242. The zero-order valence-electron chi connectivity index (χ0n) is 12.9. The van der Waals surface area contributed by atoms with Crippen molar-refractivity contribution in [3.05, 3.63) is 34.9 Å². The molecule has 0 radical (unpaired) electrons. The van der Waals surface area contributed by atoms with Crippen LogP contribution in [0, 0.1) is 0 Å². The SMILES string of the molecule is CCCCOCC(=O)N1CCNCC1c1ccccc1Cl.Cl. The number of nitrogens with zero attached hydrogens (tertiary/aromatic N) is 1. The van der Waals surface area contributed by atoms with Gasteiger partial charge in [0.1, 0.15) is 6.61 Å². The van der Waals surface area contributed by atoms with Crippen molar-refractivity contribution in [1.29, 1.82) is 0 Å². The van der Waals surface area contributed by atoms with Crippen molar-refractivity contribution < 1.29 is 9.53 Å². The third kappa shape index (κ3) is 5.13. The number of benzene rings is 1. The summed E-state index contributed by atoms with van der Waals surface area (Å²) in [5, 5.41) is 4.03. The van der Waals surface area contributed by atoms with Gasteiger partial charge in [0.2, 0.25) is 5.91 Å². The van der Waals surface area contributed by atoms with Gasteiger partial charge in [-0.1, -0.05) is 43.1 Å². The molecular formula is C16H24Cl2N2O2. The van der Waals surface area contributed by atoms with Gasteiger partial charge >= 0.3 is 0 Å². The molecule has 1 N–H and O–H groups in total. The predicted octanol–water partition coefficient (Wildman–Crippen LogP) is 3.05. The maximum absolute atomic E-state index is 12.4. The van der Waals surface area contributed by atoms with Crippen molar-refractivity contribution >= 4 is 29.9 Å². The molecule has 1 amide bonds. The van der Waals surface area contributed by atoms with Crippen LogP contribution in [0.15, 0.2) is 24.3 Å². The lowest BCUT2D eigenvalue weighted by atomic mass is 10.0. The second kappa shape index (κ2) is 10.1. The van der Waals surface area contributed by atoms with Gasteiger partial charge in [-0.3, -0.25) is 4.79 Å².